The maximum absolute atomic E-state index is 11.1. The van der Waals surface area contributed by atoms with E-state index in [0.29, 0.717) is 12.3 Å². The van der Waals surface area contributed by atoms with Crippen molar-refractivity contribution in [3.05, 3.63) is 11.8 Å². The molecule has 0 aromatic carbocycles. The van der Waals surface area contributed by atoms with Crippen molar-refractivity contribution in [2.24, 2.45) is 0 Å². The molecule has 6 heteroatoms. The van der Waals surface area contributed by atoms with Crippen LogP contribution in [0.1, 0.15) is 35.8 Å². The van der Waals surface area contributed by atoms with E-state index in [2.05, 4.69) is 14.9 Å². The van der Waals surface area contributed by atoms with E-state index < -0.39 is 5.97 Å². The van der Waals surface area contributed by atoms with Crippen LogP contribution in [0.5, 0.6) is 0 Å². The van der Waals surface area contributed by atoms with Gasteiger partial charge in [-0.1, -0.05) is 0 Å². The monoisotopic (exact) mass is 226 g/mol. The lowest BCUT2D eigenvalue weighted by atomic mass is 10.1. The lowest BCUT2D eigenvalue weighted by molar-refractivity contribution is 0.0128. The van der Waals surface area contributed by atoms with Gasteiger partial charge >= 0.3 is 11.9 Å². The zero-order valence-electron chi connectivity index (χ0n) is 9.14. The Balaban J connectivity index is 1.94. The first-order valence-electron chi connectivity index (χ1n) is 5.32. The molecule has 1 aliphatic heterocycles. The van der Waals surface area contributed by atoms with Crippen molar-refractivity contribution in [2.45, 2.75) is 31.8 Å². The third kappa shape index (κ3) is 2.57. The van der Waals surface area contributed by atoms with Crippen LogP contribution in [0.4, 0.5) is 0 Å². The van der Waals surface area contributed by atoms with Gasteiger partial charge in [-0.05, 0) is 19.3 Å². The molecule has 1 aromatic rings. The number of esters is 1. The van der Waals surface area contributed by atoms with E-state index >= 15 is 0 Å². The van der Waals surface area contributed by atoms with Crippen LogP contribution in [-0.4, -0.2) is 36.0 Å². The van der Waals surface area contributed by atoms with Crippen molar-refractivity contribution >= 4 is 5.97 Å². The Hall–Kier alpha value is -1.43. The van der Waals surface area contributed by atoms with Crippen LogP contribution >= 0.6 is 0 Å². The number of rotatable bonds is 3. The molecule has 0 amide bonds. The topological polar surface area (TPSA) is 74.5 Å². The average molecular weight is 226 g/mol. The van der Waals surface area contributed by atoms with Gasteiger partial charge in [-0.2, -0.15) is 0 Å². The van der Waals surface area contributed by atoms with Crippen molar-refractivity contribution < 1.29 is 18.7 Å². The molecule has 16 heavy (non-hydrogen) atoms. The molecular weight excluding hydrogens is 212 g/mol. The van der Waals surface area contributed by atoms with Gasteiger partial charge in [0.05, 0.1) is 19.6 Å². The number of methoxy groups -OCH3 is 1. The van der Waals surface area contributed by atoms with Gasteiger partial charge in [0.1, 0.15) is 0 Å². The molecule has 1 aromatic heterocycles. The van der Waals surface area contributed by atoms with Crippen LogP contribution in [0.25, 0.3) is 0 Å². The van der Waals surface area contributed by atoms with Crippen LogP contribution in [0.2, 0.25) is 0 Å². The number of ether oxygens (including phenoxy) is 2. The standard InChI is InChI=1S/C10H14N2O4/c1-14-10(13)9-12-11-8(16-9)6-7-4-2-3-5-15-7/h7H,2-6H2,1H3. The largest absolute Gasteiger partial charge is 0.462 e. The zero-order chi connectivity index (χ0) is 11.4. The number of nitrogens with zero attached hydrogens (tertiary/aromatic N) is 2. The van der Waals surface area contributed by atoms with Crippen molar-refractivity contribution in [1.29, 1.82) is 0 Å². The molecule has 2 heterocycles. The van der Waals surface area contributed by atoms with E-state index in [1.165, 1.54) is 7.11 Å². The molecule has 0 aliphatic carbocycles. The Labute approximate surface area is 92.9 Å². The smallest absolute Gasteiger partial charge is 0.396 e. The lowest BCUT2D eigenvalue weighted by Gasteiger charge is -2.20. The van der Waals surface area contributed by atoms with E-state index in [1.807, 2.05) is 0 Å². The van der Waals surface area contributed by atoms with Gasteiger partial charge in [-0.3, -0.25) is 0 Å². The molecular formula is C10H14N2O4. The zero-order valence-corrected chi connectivity index (χ0v) is 9.14. The van der Waals surface area contributed by atoms with Crippen LogP contribution in [0.3, 0.4) is 0 Å². The van der Waals surface area contributed by atoms with Gasteiger partial charge in [-0.15, -0.1) is 10.2 Å². The molecule has 0 bridgehead atoms. The van der Waals surface area contributed by atoms with Crippen LogP contribution in [0, 0.1) is 0 Å². The van der Waals surface area contributed by atoms with Gasteiger partial charge in [0.15, 0.2) is 0 Å². The minimum atomic E-state index is -0.608. The van der Waals surface area contributed by atoms with E-state index in [-0.39, 0.29) is 12.0 Å². The second-order valence-electron chi connectivity index (χ2n) is 3.69. The molecule has 1 fully saturated rings. The predicted octanol–water partition coefficient (Wildman–Crippen LogP) is 0.968. The molecule has 6 nitrogen and oxygen atoms in total. The maximum Gasteiger partial charge on any atom is 0.396 e. The molecule has 0 saturated carbocycles. The van der Waals surface area contributed by atoms with Crippen molar-refractivity contribution in [1.82, 2.24) is 10.2 Å². The highest BCUT2D eigenvalue weighted by Gasteiger charge is 2.20. The molecule has 0 N–H and O–H groups in total. The quantitative estimate of drug-likeness (QED) is 0.715. The Bertz CT molecular complexity index is 357. The molecule has 0 spiro atoms. The molecule has 1 aliphatic rings. The Morgan fingerprint density at radius 2 is 2.38 bits per heavy atom. The predicted molar refractivity (Wildman–Crippen MR) is 52.9 cm³/mol. The van der Waals surface area contributed by atoms with Crippen molar-refractivity contribution in [3.8, 4) is 0 Å². The SMILES string of the molecule is COC(=O)c1nnc(CC2CCCCO2)o1. The summed E-state index contributed by atoms with van der Waals surface area (Å²) in [7, 11) is 1.27. The van der Waals surface area contributed by atoms with Gasteiger partial charge in [0.25, 0.3) is 0 Å². The highest BCUT2D eigenvalue weighted by molar-refractivity contribution is 5.83. The minimum absolute atomic E-state index is 0.103. The first-order valence-corrected chi connectivity index (χ1v) is 5.32. The number of hydrogen-bond donors (Lipinski definition) is 0. The first kappa shape index (κ1) is 11.1. The third-order valence-electron chi connectivity index (χ3n) is 2.50. The fourth-order valence-corrected chi connectivity index (χ4v) is 1.67. The van der Waals surface area contributed by atoms with Gasteiger partial charge in [0.2, 0.25) is 5.89 Å². The van der Waals surface area contributed by atoms with Crippen molar-refractivity contribution in [3.63, 3.8) is 0 Å². The minimum Gasteiger partial charge on any atom is -0.462 e. The summed E-state index contributed by atoms with van der Waals surface area (Å²) in [6, 6.07) is 0. The summed E-state index contributed by atoms with van der Waals surface area (Å²) in [6.45, 7) is 0.780. The first-order chi connectivity index (χ1) is 7.79. The molecule has 1 unspecified atom stereocenters. The summed E-state index contributed by atoms with van der Waals surface area (Å²) in [4.78, 5) is 11.1. The summed E-state index contributed by atoms with van der Waals surface area (Å²) >= 11 is 0. The summed E-state index contributed by atoms with van der Waals surface area (Å²) < 4.78 is 15.2. The number of carbonyl (C=O) groups is 1. The van der Waals surface area contributed by atoms with Crippen molar-refractivity contribution in [2.75, 3.05) is 13.7 Å². The molecule has 1 saturated heterocycles. The second kappa shape index (κ2) is 5.07. The molecule has 2 rings (SSSR count). The lowest BCUT2D eigenvalue weighted by Crippen LogP contribution is -2.21. The molecule has 88 valence electrons. The summed E-state index contributed by atoms with van der Waals surface area (Å²) in [5, 5.41) is 7.39. The van der Waals surface area contributed by atoms with Crippen LogP contribution < -0.4 is 0 Å². The Kier molecular flexibility index (Phi) is 3.51. The van der Waals surface area contributed by atoms with Gasteiger partial charge in [-0.25, -0.2) is 4.79 Å². The number of carbonyl (C=O) groups excluding carboxylic acids is 1. The molecule has 1 atom stereocenters. The average Bonchev–Trinajstić information content (AvgIpc) is 2.78. The summed E-state index contributed by atoms with van der Waals surface area (Å²) in [6.07, 6.45) is 3.94. The molecule has 0 radical (unpaired) electrons. The number of hydrogen-bond acceptors (Lipinski definition) is 6. The highest BCUT2D eigenvalue weighted by Crippen LogP contribution is 2.16. The van der Waals surface area contributed by atoms with E-state index in [1.54, 1.807) is 0 Å². The number of aromatic nitrogens is 2. The third-order valence-corrected chi connectivity index (χ3v) is 2.50. The van der Waals surface area contributed by atoms with Gasteiger partial charge in [0, 0.05) is 6.61 Å². The van der Waals surface area contributed by atoms with Crippen LogP contribution in [-0.2, 0) is 15.9 Å². The fourth-order valence-electron chi connectivity index (χ4n) is 1.67. The van der Waals surface area contributed by atoms with Crippen LogP contribution in [0.15, 0.2) is 4.42 Å². The Morgan fingerprint density at radius 3 is 3.06 bits per heavy atom. The van der Waals surface area contributed by atoms with E-state index in [9.17, 15) is 4.79 Å². The maximum atomic E-state index is 11.1. The normalized spacial score (nSPS) is 20.7. The highest BCUT2D eigenvalue weighted by atomic mass is 16.5. The Morgan fingerprint density at radius 1 is 1.50 bits per heavy atom. The summed E-state index contributed by atoms with van der Waals surface area (Å²) in [5.74, 6) is -0.288. The second-order valence-corrected chi connectivity index (χ2v) is 3.69. The fraction of sp³-hybridized carbons (Fsp3) is 0.700. The summed E-state index contributed by atoms with van der Waals surface area (Å²) in [5.41, 5.74) is 0. The van der Waals surface area contributed by atoms with E-state index in [4.69, 9.17) is 9.15 Å². The van der Waals surface area contributed by atoms with Gasteiger partial charge < -0.3 is 13.9 Å². The van der Waals surface area contributed by atoms with E-state index in [0.717, 1.165) is 25.9 Å².